The van der Waals surface area contributed by atoms with Crippen LogP contribution in [0.15, 0.2) is 176 Å². The average Bonchev–Trinajstić information content (AvgIpc) is 3.66. The zero-order valence-corrected chi connectivity index (χ0v) is 29.4. The van der Waals surface area contributed by atoms with Gasteiger partial charge in [0.05, 0.1) is 0 Å². The molecule has 0 aliphatic heterocycles. The molecule has 9 aromatic rings. The van der Waals surface area contributed by atoms with Crippen LogP contribution in [0.4, 0.5) is 17.1 Å². The average molecular weight is 670 g/mol. The Balaban J connectivity index is 1.13. The van der Waals surface area contributed by atoms with Crippen LogP contribution in [0.5, 0.6) is 0 Å². The molecule has 0 saturated carbocycles. The Morgan fingerprint density at radius 2 is 1.02 bits per heavy atom. The van der Waals surface area contributed by atoms with E-state index in [-0.39, 0.29) is 5.41 Å². The molecular weight excluding hydrogens is 635 g/mol. The first-order valence-corrected chi connectivity index (χ1v) is 18.5. The Hall–Kier alpha value is -5.96. The molecule has 1 heterocycles. The van der Waals surface area contributed by atoms with Crippen molar-refractivity contribution < 1.29 is 0 Å². The van der Waals surface area contributed by atoms with Gasteiger partial charge in [0.1, 0.15) is 0 Å². The highest BCUT2D eigenvalue weighted by molar-refractivity contribution is 7.25. The third-order valence-corrected chi connectivity index (χ3v) is 12.0. The van der Waals surface area contributed by atoms with Gasteiger partial charge in [-0.1, -0.05) is 135 Å². The van der Waals surface area contributed by atoms with Crippen LogP contribution in [0.3, 0.4) is 0 Å². The van der Waals surface area contributed by atoms with Crippen LogP contribution < -0.4 is 4.90 Å². The minimum absolute atomic E-state index is 0.0834. The highest BCUT2D eigenvalue weighted by Gasteiger charge is 2.35. The lowest BCUT2D eigenvalue weighted by atomic mass is 9.82. The van der Waals surface area contributed by atoms with E-state index < -0.39 is 0 Å². The van der Waals surface area contributed by atoms with Crippen molar-refractivity contribution in [1.29, 1.82) is 0 Å². The third-order valence-electron chi connectivity index (χ3n) is 10.9. The lowest BCUT2D eigenvalue weighted by Crippen LogP contribution is -2.16. The number of fused-ring (bicyclic) bond motifs is 7. The van der Waals surface area contributed by atoms with Crippen molar-refractivity contribution in [1.82, 2.24) is 0 Å². The molecule has 0 unspecified atom stereocenters. The standard InChI is InChI=1S/C49H35NS/c1-49(2)45-18-10-8-16-39(45)40-27-26-38(29-46(40)49)50(37-25-20-32-12-6-7-15-35(32)28-37)36-23-21-34(22-24-36)43-31-48-44(41-17-9-11-19-47(41)51-48)30-42(43)33-13-4-3-5-14-33/h3-31H,1-2H3. The molecule has 1 aromatic heterocycles. The summed E-state index contributed by atoms with van der Waals surface area (Å²) in [5, 5.41) is 5.11. The van der Waals surface area contributed by atoms with Gasteiger partial charge in [-0.15, -0.1) is 11.3 Å². The summed E-state index contributed by atoms with van der Waals surface area (Å²) in [5.74, 6) is 0. The number of hydrogen-bond donors (Lipinski definition) is 0. The van der Waals surface area contributed by atoms with E-state index >= 15 is 0 Å². The predicted octanol–water partition coefficient (Wildman–Crippen LogP) is 14.3. The topological polar surface area (TPSA) is 3.24 Å². The van der Waals surface area contributed by atoms with E-state index in [1.165, 1.54) is 75.5 Å². The first kappa shape index (κ1) is 29.9. The van der Waals surface area contributed by atoms with Crippen LogP contribution in [0.25, 0.3) is 64.3 Å². The van der Waals surface area contributed by atoms with Crippen LogP contribution >= 0.6 is 11.3 Å². The number of benzene rings is 8. The fourth-order valence-corrected chi connectivity index (χ4v) is 9.38. The summed E-state index contributed by atoms with van der Waals surface area (Å²) in [4.78, 5) is 2.42. The Morgan fingerprint density at radius 3 is 1.88 bits per heavy atom. The Labute approximate surface area is 302 Å². The SMILES string of the molecule is CC1(C)c2ccccc2-c2ccc(N(c3ccc(-c4cc5sc6ccccc6c5cc4-c4ccccc4)cc3)c3ccc4ccccc4c3)cc21. The Kier molecular flexibility index (Phi) is 6.78. The van der Waals surface area contributed by atoms with Crippen molar-refractivity contribution in [3.63, 3.8) is 0 Å². The summed E-state index contributed by atoms with van der Waals surface area (Å²) in [6, 6.07) is 64.9. The summed E-state index contributed by atoms with van der Waals surface area (Å²) >= 11 is 1.87. The highest BCUT2D eigenvalue weighted by Crippen LogP contribution is 2.51. The lowest BCUT2D eigenvalue weighted by Gasteiger charge is -2.28. The fraction of sp³-hybridized carbons (Fsp3) is 0.0612. The van der Waals surface area contributed by atoms with E-state index in [0.717, 1.165) is 17.1 Å². The first-order valence-electron chi connectivity index (χ1n) is 17.7. The summed E-state index contributed by atoms with van der Waals surface area (Å²) in [6.07, 6.45) is 0. The first-order chi connectivity index (χ1) is 25.0. The second-order valence-electron chi connectivity index (χ2n) is 14.2. The number of nitrogens with zero attached hydrogens (tertiary/aromatic N) is 1. The van der Waals surface area contributed by atoms with Gasteiger partial charge in [-0.3, -0.25) is 0 Å². The van der Waals surface area contributed by atoms with Crippen LogP contribution in [0, 0.1) is 0 Å². The van der Waals surface area contributed by atoms with Gasteiger partial charge in [-0.25, -0.2) is 0 Å². The van der Waals surface area contributed by atoms with Crippen molar-refractivity contribution in [3.8, 4) is 33.4 Å². The molecule has 0 bridgehead atoms. The van der Waals surface area contributed by atoms with Crippen LogP contribution in [0.1, 0.15) is 25.0 Å². The molecule has 242 valence electrons. The molecule has 1 aliphatic carbocycles. The number of thiophene rings is 1. The fourth-order valence-electron chi connectivity index (χ4n) is 8.25. The maximum absolute atomic E-state index is 2.42. The van der Waals surface area contributed by atoms with Crippen LogP contribution in [0.2, 0.25) is 0 Å². The molecule has 0 fully saturated rings. The van der Waals surface area contributed by atoms with E-state index in [0.29, 0.717) is 0 Å². The smallest absolute Gasteiger partial charge is 0.0468 e. The molecule has 51 heavy (non-hydrogen) atoms. The molecule has 0 radical (unpaired) electrons. The van der Waals surface area contributed by atoms with E-state index in [4.69, 9.17) is 0 Å². The molecular formula is C49H35NS. The summed E-state index contributed by atoms with van der Waals surface area (Å²) in [5.41, 5.74) is 13.7. The van der Waals surface area contributed by atoms with Crippen LogP contribution in [-0.2, 0) is 5.41 Å². The maximum atomic E-state index is 2.42. The molecule has 0 saturated heterocycles. The minimum atomic E-state index is -0.0834. The zero-order chi connectivity index (χ0) is 34.1. The third kappa shape index (κ3) is 4.82. The molecule has 0 spiro atoms. The zero-order valence-electron chi connectivity index (χ0n) is 28.6. The van der Waals surface area contributed by atoms with Gasteiger partial charge in [0.2, 0.25) is 0 Å². The molecule has 1 nitrogen and oxygen atoms in total. The van der Waals surface area contributed by atoms with Gasteiger partial charge < -0.3 is 4.90 Å². The molecule has 8 aromatic carbocycles. The summed E-state index contributed by atoms with van der Waals surface area (Å²) in [6.45, 7) is 4.71. The number of hydrogen-bond acceptors (Lipinski definition) is 2. The molecule has 1 aliphatic rings. The molecule has 0 amide bonds. The van der Waals surface area contributed by atoms with Crippen LogP contribution in [-0.4, -0.2) is 0 Å². The van der Waals surface area contributed by atoms with Gasteiger partial charge in [0, 0.05) is 42.6 Å². The summed E-state index contributed by atoms with van der Waals surface area (Å²) < 4.78 is 2.64. The molecule has 2 heteroatoms. The van der Waals surface area contributed by atoms with Gasteiger partial charge in [-0.05, 0) is 110 Å². The number of rotatable bonds is 5. The monoisotopic (exact) mass is 669 g/mol. The van der Waals surface area contributed by atoms with E-state index in [2.05, 4.69) is 195 Å². The molecule has 0 atom stereocenters. The van der Waals surface area contributed by atoms with Gasteiger partial charge in [-0.2, -0.15) is 0 Å². The van der Waals surface area contributed by atoms with Crippen molar-refractivity contribution in [3.05, 3.63) is 187 Å². The second-order valence-corrected chi connectivity index (χ2v) is 15.3. The van der Waals surface area contributed by atoms with E-state index in [1.54, 1.807) is 0 Å². The molecule has 0 N–H and O–H groups in total. The Bertz CT molecular complexity index is 2770. The maximum Gasteiger partial charge on any atom is 0.0468 e. The predicted molar refractivity (Wildman–Crippen MR) is 220 cm³/mol. The quantitative estimate of drug-likeness (QED) is 0.176. The van der Waals surface area contributed by atoms with Crippen molar-refractivity contribution >= 4 is 59.3 Å². The lowest BCUT2D eigenvalue weighted by molar-refractivity contribution is 0.660. The second kappa shape index (κ2) is 11.6. The summed E-state index contributed by atoms with van der Waals surface area (Å²) in [7, 11) is 0. The van der Waals surface area contributed by atoms with E-state index in [1.807, 2.05) is 11.3 Å². The highest BCUT2D eigenvalue weighted by atomic mass is 32.1. The number of anilines is 3. The van der Waals surface area contributed by atoms with Crippen molar-refractivity contribution in [2.75, 3.05) is 4.90 Å². The molecule has 10 rings (SSSR count). The van der Waals surface area contributed by atoms with Gasteiger partial charge in [0.15, 0.2) is 0 Å². The normalized spacial score (nSPS) is 13.1. The van der Waals surface area contributed by atoms with E-state index in [9.17, 15) is 0 Å². The largest absolute Gasteiger partial charge is 0.310 e. The van der Waals surface area contributed by atoms with Gasteiger partial charge in [0.25, 0.3) is 0 Å². The van der Waals surface area contributed by atoms with Crippen molar-refractivity contribution in [2.24, 2.45) is 0 Å². The van der Waals surface area contributed by atoms with Crippen molar-refractivity contribution in [2.45, 2.75) is 19.3 Å². The van der Waals surface area contributed by atoms with Gasteiger partial charge >= 0.3 is 0 Å². The minimum Gasteiger partial charge on any atom is -0.310 e. The Morgan fingerprint density at radius 1 is 0.392 bits per heavy atom.